The van der Waals surface area contributed by atoms with Crippen molar-refractivity contribution in [1.82, 2.24) is 25.1 Å². The fourth-order valence-electron chi connectivity index (χ4n) is 3.96. The van der Waals surface area contributed by atoms with E-state index in [9.17, 15) is 10.1 Å². The number of ether oxygens (including phenoxy) is 1. The Bertz CT molecular complexity index is 1450. The van der Waals surface area contributed by atoms with Gasteiger partial charge in [-0.2, -0.15) is 10.4 Å². The molecule has 2 aromatic heterocycles. The van der Waals surface area contributed by atoms with Crippen LogP contribution in [0.4, 0.5) is 16.3 Å². The van der Waals surface area contributed by atoms with Crippen LogP contribution in [-0.4, -0.2) is 45.0 Å². The van der Waals surface area contributed by atoms with Gasteiger partial charge in [0.05, 0.1) is 23.0 Å². The Balaban J connectivity index is 1.56. The van der Waals surface area contributed by atoms with E-state index in [1.807, 2.05) is 93.0 Å². The first kappa shape index (κ1) is 26.4. The Morgan fingerprint density at radius 1 is 1.11 bits per heavy atom. The fourth-order valence-corrected chi connectivity index (χ4v) is 3.96. The van der Waals surface area contributed by atoms with Crippen molar-refractivity contribution in [3.8, 4) is 28.7 Å². The smallest absolute Gasteiger partial charge is 0.407 e. The number of benzene rings is 2. The average Bonchev–Trinajstić information content (AvgIpc) is 3.29. The van der Waals surface area contributed by atoms with Gasteiger partial charge in [-0.15, -0.1) is 0 Å². The second-order valence-electron chi connectivity index (χ2n) is 9.87. The number of carbonyl (C=O) groups is 1. The maximum absolute atomic E-state index is 11.9. The number of aryl methyl sites for hydroxylation is 1. The summed E-state index contributed by atoms with van der Waals surface area (Å²) in [5.41, 5.74) is 4.32. The highest BCUT2D eigenvalue weighted by Gasteiger charge is 2.19. The highest BCUT2D eigenvalue weighted by molar-refractivity contribution is 5.80. The van der Waals surface area contributed by atoms with Crippen LogP contribution in [0.1, 0.15) is 31.9 Å². The minimum atomic E-state index is -0.542. The lowest BCUT2D eigenvalue weighted by atomic mass is 10.1. The number of rotatable bonds is 7. The number of nitrogens with one attached hydrogen (secondary N) is 1. The molecule has 1 N–H and O–H groups in total. The Kier molecular flexibility index (Phi) is 7.72. The van der Waals surface area contributed by atoms with Crippen LogP contribution in [0.5, 0.6) is 0 Å². The van der Waals surface area contributed by atoms with Gasteiger partial charge in [0.15, 0.2) is 5.82 Å². The summed E-state index contributed by atoms with van der Waals surface area (Å²) in [6, 6.07) is 19.7. The van der Waals surface area contributed by atoms with E-state index in [-0.39, 0.29) is 0 Å². The van der Waals surface area contributed by atoms with Crippen LogP contribution in [0.3, 0.4) is 0 Å². The van der Waals surface area contributed by atoms with E-state index in [1.54, 1.807) is 18.5 Å². The van der Waals surface area contributed by atoms with Gasteiger partial charge in [0.25, 0.3) is 0 Å². The highest BCUT2D eigenvalue weighted by atomic mass is 16.6. The molecule has 0 unspecified atom stereocenters. The largest absolute Gasteiger partial charge is 0.444 e. The zero-order valence-corrected chi connectivity index (χ0v) is 22.3. The lowest BCUT2D eigenvalue weighted by Gasteiger charge is -2.22. The van der Waals surface area contributed by atoms with Crippen LogP contribution in [0.15, 0.2) is 67.0 Å². The van der Waals surface area contributed by atoms with E-state index in [0.29, 0.717) is 24.4 Å². The molecule has 0 aliphatic rings. The SMILES string of the molecule is CN(c1cc(C#N)ccc1-c1ncc(CCNC(=O)OC(C)(C)C)cn1)c1cc(-c2ccccc2)nn1C. The highest BCUT2D eigenvalue weighted by Crippen LogP contribution is 2.35. The normalized spacial score (nSPS) is 11.1. The second kappa shape index (κ2) is 11.1. The molecule has 0 spiro atoms. The van der Waals surface area contributed by atoms with Gasteiger partial charge < -0.3 is 15.0 Å². The molecule has 2 aromatic carbocycles. The van der Waals surface area contributed by atoms with Crippen molar-refractivity contribution < 1.29 is 9.53 Å². The van der Waals surface area contributed by atoms with Crippen molar-refractivity contribution in [1.29, 1.82) is 5.26 Å². The number of hydrogen-bond donors (Lipinski definition) is 1. The molecule has 0 saturated heterocycles. The summed E-state index contributed by atoms with van der Waals surface area (Å²) in [4.78, 5) is 23.0. The zero-order valence-electron chi connectivity index (χ0n) is 22.3. The molecule has 4 rings (SSSR count). The summed E-state index contributed by atoms with van der Waals surface area (Å²) in [6.45, 7) is 5.88. The summed E-state index contributed by atoms with van der Waals surface area (Å²) in [6.07, 6.45) is 3.61. The van der Waals surface area contributed by atoms with Crippen LogP contribution < -0.4 is 10.2 Å². The van der Waals surface area contributed by atoms with Crippen molar-refractivity contribution in [2.45, 2.75) is 32.8 Å². The predicted octanol–water partition coefficient (Wildman–Crippen LogP) is 5.25. The number of nitrogens with zero attached hydrogens (tertiary/aromatic N) is 6. The fraction of sp³-hybridized carbons (Fsp3) is 0.276. The maximum atomic E-state index is 11.9. The molecule has 9 nitrogen and oxygen atoms in total. The summed E-state index contributed by atoms with van der Waals surface area (Å²) >= 11 is 0. The molecule has 194 valence electrons. The minimum Gasteiger partial charge on any atom is -0.444 e. The van der Waals surface area contributed by atoms with Crippen molar-refractivity contribution in [3.63, 3.8) is 0 Å². The number of amides is 1. The summed E-state index contributed by atoms with van der Waals surface area (Å²) < 4.78 is 7.08. The molecule has 38 heavy (non-hydrogen) atoms. The van der Waals surface area contributed by atoms with Gasteiger partial charge in [-0.3, -0.25) is 4.68 Å². The Labute approximate surface area is 222 Å². The number of hydrogen-bond acceptors (Lipinski definition) is 7. The number of carbonyl (C=O) groups excluding carboxylic acids is 1. The lowest BCUT2D eigenvalue weighted by Crippen LogP contribution is -2.33. The Morgan fingerprint density at radius 2 is 1.82 bits per heavy atom. The van der Waals surface area contributed by atoms with Crippen LogP contribution in [0.2, 0.25) is 0 Å². The molecule has 0 radical (unpaired) electrons. The van der Waals surface area contributed by atoms with Crippen LogP contribution >= 0.6 is 0 Å². The Hall–Kier alpha value is -4.71. The molecule has 1 amide bonds. The lowest BCUT2D eigenvalue weighted by molar-refractivity contribution is 0.0528. The molecule has 2 heterocycles. The third-order valence-electron chi connectivity index (χ3n) is 5.78. The molecule has 0 aliphatic carbocycles. The molecule has 0 saturated carbocycles. The van der Waals surface area contributed by atoms with Gasteiger partial charge in [0.2, 0.25) is 0 Å². The molecule has 0 fully saturated rings. The van der Waals surface area contributed by atoms with Gasteiger partial charge in [0, 0.05) is 50.2 Å². The number of anilines is 2. The quantitative estimate of drug-likeness (QED) is 0.362. The number of aromatic nitrogens is 4. The molecule has 0 bridgehead atoms. The Morgan fingerprint density at radius 3 is 2.47 bits per heavy atom. The first-order valence-corrected chi connectivity index (χ1v) is 12.3. The third-order valence-corrected chi connectivity index (χ3v) is 5.78. The third kappa shape index (κ3) is 6.34. The van der Waals surface area contributed by atoms with Crippen LogP contribution in [0, 0.1) is 11.3 Å². The summed E-state index contributed by atoms with van der Waals surface area (Å²) in [7, 11) is 3.82. The van der Waals surface area contributed by atoms with Gasteiger partial charge >= 0.3 is 6.09 Å². The van der Waals surface area contributed by atoms with E-state index in [1.165, 1.54) is 0 Å². The van der Waals surface area contributed by atoms with Crippen LogP contribution in [-0.2, 0) is 18.2 Å². The first-order chi connectivity index (χ1) is 18.1. The van der Waals surface area contributed by atoms with E-state index in [2.05, 4.69) is 26.5 Å². The molecular formula is C29H31N7O2. The molecule has 0 atom stereocenters. The van der Waals surface area contributed by atoms with E-state index >= 15 is 0 Å². The van der Waals surface area contributed by atoms with Crippen molar-refractivity contribution >= 4 is 17.6 Å². The predicted molar refractivity (Wildman–Crippen MR) is 147 cm³/mol. The monoisotopic (exact) mass is 509 g/mol. The van der Waals surface area contributed by atoms with Gasteiger partial charge in [-0.1, -0.05) is 30.3 Å². The number of nitriles is 1. The number of alkyl carbamates (subject to hydrolysis) is 1. The molecule has 9 heteroatoms. The topological polar surface area (TPSA) is 109 Å². The second-order valence-corrected chi connectivity index (χ2v) is 9.87. The molecule has 0 aliphatic heterocycles. The van der Waals surface area contributed by atoms with E-state index in [0.717, 1.165) is 33.9 Å². The average molecular weight is 510 g/mol. The van der Waals surface area contributed by atoms with Crippen molar-refractivity contribution in [3.05, 3.63) is 78.1 Å². The first-order valence-electron chi connectivity index (χ1n) is 12.3. The standard InChI is InChI=1S/C29H31N7O2/c1-29(2,3)38-28(37)31-14-13-21-18-32-27(33-19-21)23-12-11-20(17-30)15-25(23)35(4)26-16-24(34-36(26)5)22-9-7-6-8-10-22/h6-12,15-16,18-19H,13-14H2,1-5H3,(H,31,37). The summed E-state index contributed by atoms with van der Waals surface area (Å²) in [5.74, 6) is 1.38. The van der Waals surface area contributed by atoms with Gasteiger partial charge in [-0.25, -0.2) is 14.8 Å². The summed E-state index contributed by atoms with van der Waals surface area (Å²) in [5, 5.41) is 17.0. The molecular weight excluding hydrogens is 478 g/mol. The van der Waals surface area contributed by atoms with Gasteiger partial charge in [-0.05, 0) is 51.0 Å². The minimum absolute atomic E-state index is 0.409. The van der Waals surface area contributed by atoms with Crippen LogP contribution in [0.25, 0.3) is 22.6 Å². The maximum Gasteiger partial charge on any atom is 0.407 e. The van der Waals surface area contributed by atoms with E-state index in [4.69, 9.17) is 4.74 Å². The van der Waals surface area contributed by atoms with E-state index < -0.39 is 11.7 Å². The van der Waals surface area contributed by atoms with Crippen molar-refractivity contribution in [2.75, 3.05) is 18.5 Å². The van der Waals surface area contributed by atoms with Crippen molar-refractivity contribution in [2.24, 2.45) is 7.05 Å². The van der Waals surface area contributed by atoms with Gasteiger partial charge in [0.1, 0.15) is 11.4 Å². The molecule has 4 aromatic rings. The zero-order chi connectivity index (χ0) is 27.3.